The lowest BCUT2D eigenvalue weighted by Gasteiger charge is -2.34. The molecular formula is C20H29N5O2. The number of ether oxygens (including phenoxy) is 2. The van der Waals surface area contributed by atoms with E-state index in [1.807, 2.05) is 31.2 Å². The highest BCUT2D eigenvalue weighted by Crippen LogP contribution is 2.28. The number of aryl methyl sites for hydroxylation is 1. The Labute approximate surface area is 161 Å². The third kappa shape index (κ3) is 4.80. The summed E-state index contributed by atoms with van der Waals surface area (Å²) in [7, 11) is 3.29. The Morgan fingerprint density at radius 1 is 1.00 bits per heavy atom. The summed E-state index contributed by atoms with van der Waals surface area (Å²) in [5.74, 6) is 3.10. The Morgan fingerprint density at radius 2 is 1.74 bits per heavy atom. The SMILES string of the molecule is CCN1CCN(c2nc(C)cc(NCc3ccc(OC)c(OC)c3)n2)CC1. The number of nitrogens with zero attached hydrogens (tertiary/aromatic N) is 4. The second-order valence-electron chi connectivity index (χ2n) is 6.66. The fraction of sp³-hybridized carbons (Fsp3) is 0.500. The minimum atomic E-state index is 0.653. The third-order valence-corrected chi connectivity index (χ3v) is 4.87. The Bertz CT molecular complexity index is 760. The first-order chi connectivity index (χ1) is 13.1. The number of hydrogen-bond acceptors (Lipinski definition) is 7. The molecule has 0 spiro atoms. The minimum absolute atomic E-state index is 0.653. The zero-order valence-corrected chi connectivity index (χ0v) is 16.7. The summed E-state index contributed by atoms with van der Waals surface area (Å²) in [6.45, 7) is 10.0. The standard InChI is InChI=1S/C20H29N5O2/c1-5-24-8-10-25(11-9-24)20-22-15(2)12-19(23-20)21-14-16-6-7-17(26-3)18(13-16)27-4/h6-7,12-13H,5,8-11,14H2,1-4H3,(H,21,22,23). The highest BCUT2D eigenvalue weighted by atomic mass is 16.5. The maximum Gasteiger partial charge on any atom is 0.227 e. The van der Waals surface area contributed by atoms with Crippen molar-refractivity contribution in [2.45, 2.75) is 20.4 Å². The molecule has 1 aliphatic rings. The molecule has 0 amide bonds. The molecule has 0 aliphatic carbocycles. The molecule has 7 heteroatoms. The quantitative estimate of drug-likeness (QED) is 0.802. The van der Waals surface area contributed by atoms with Crippen LogP contribution in [-0.4, -0.2) is 61.8 Å². The Morgan fingerprint density at radius 3 is 2.41 bits per heavy atom. The number of nitrogens with one attached hydrogen (secondary N) is 1. The molecule has 7 nitrogen and oxygen atoms in total. The summed E-state index contributed by atoms with van der Waals surface area (Å²) in [5.41, 5.74) is 2.06. The molecule has 3 rings (SSSR count). The van der Waals surface area contributed by atoms with Crippen molar-refractivity contribution in [3.05, 3.63) is 35.5 Å². The molecule has 0 radical (unpaired) electrons. The molecule has 0 bridgehead atoms. The summed E-state index contributed by atoms with van der Waals surface area (Å²) in [5, 5.41) is 3.41. The van der Waals surface area contributed by atoms with Crippen molar-refractivity contribution in [3.8, 4) is 11.5 Å². The summed E-state index contributed by atoms with van der Waals surface area (Å²) in [6.07, 6.45) is 0. The summed E-state index contributed by atoms with van der Waals surface area (Å²) >= 11 is 0. The van der Waals surface area contributed by atoms with Gasteiger partial charge in [-0.3, -0.25) is 0 Å². The molecule has 1 saturated heterocycles. The van der Waals surface area contributed by atoms with Gasteiger partial charge in [-0.15, -0.1) is 0 Å². The zero-order chi connectivity index (χ0) is 19.2. The van der Waals surface area contributed by atoms with Gasteiger partial charge in [0.2, 0.25) is 5.95 Å². The zero-order valence-electron chi connectivity index (χ0n) is 16.7. The molecule has 1 aromatic carbocycles. The normalized spacial score (nSPS) is 14.9. The van der Waals surface area contributed by atoms with Crippen molar-refractivity contribution in [3.63, 3.8) is 0 Å². The molecule has 0 saturated carbocycles. The van der Waals surface area contributed by atoms with Crippen LogP contribution >= 0.6 is 0 Å². The Balaban J connectivity index is 1.68. The first kappa shape index (κ1) is 19.2. The molecule has 1 fully saturated rings. The van der Waals surface area contributed by atoms with Crippen molar-refractivity contribution in [1.82, 2.24) is 14.9 Å². The van der Waals surface area contributed by atoms with E-state index in [9.17, 15) is 0 Å². The maximum atomic E-state index is 5.38. The van der Waals surface area contributed by atoms with Crippen LogP contribution in [-0.2, 0) is 6.54 Å². The largest absolute Gasteiger partial charge is 0.493 e. The fourth-order valence-electron chi connectivity index (χ4n) is 3.23. The number of piperazine rings is 1. The van der Waals surface area contributed by atoms with Crippen LogP contribution in [0.4, 0.5) is 11.8 Å². The molecule has 0 unspecified atom stereocenters. The average molecular weight is 371 g/mol. The van der Waals surface area contributed by atoms with E-state index in [2.05, 4.69) is 27.0 Å². The highest BCUT2D eigenvalue weighted by Gasteiger charge is 2.18. The molecule has 1 aromatic heterocycles. The second-order valence-corrected chi connectivity index (χ2v) is 6.66. The third-order valence-electron chi connectivity index (χ3n) is 4.87. The topological polar surface area (TPSA) is 62.8 Å². The van der Waals surface area contributed by atoms with Gasteiger partial charge in [-0.25, -0.2) is 4.98 Å². The average Bonchev–Trinajstić information content (AvgIpc) is 2.71. The fourth-order valence-corrected chi connectivity index (χ4v) is 3.23. The number of hydrogen-bond donors (Lipinski definition) is 1. The maximum absolute atomic E-state index is 5.38. The van der Waals surface area contributed by atoms with Gasteiger partial charge >= 0.3 is 0 Å². The van der Waals surface area contributed by atoms with E-state index in [0.29, 0.717) is 6.54 Å². The minimum Gasteiger partial charge on any atom is -0.493 e. The number of likely N-dealkylation sites (N-methyl/N-ethyl adjacent to an activating group) is 1. The van der Waals surface area contributed by atoms with Crippen molar-refractivity contribution in [1.29, 1.82) is 0 Å². The lowest BCUT2D eigenvalue weighted by Crippen LogP contribution is -2.46. The van der Waals surface area contributed by atoms with Gasteiger partial charge in [0.1, 0.15) is 5.82 Å². The van der Waals surface area contributed by atoms with Gasteiger partial charge in [-0.2, -0.15) is 4.98 Å². The van der Waals surface area contributed by atoms with Crippen molar-refractivity contribution < 1.29 is 9.47 Å². The Kier molecular flexibility index (Phi) is 6.34. The number of aromatic nitrogens is 2. The molecule has 1 aliphatic heterocycles. The predicted octanol–water partition coefficient (Wildman–Crippen LogP) is 2.56. The lowest BCUT2D eigenvalue weighted by atomic mass is 10.2. The van der Waals surface area contributed by atoms with Crippen LogP contribution in [0.3, 0.4) is 0 Å². The summed E-state index contributed by atoms with van der Waals surface area (Å²) in [4.78, 5) is 14.1. The van der Waals surface area contributed by atoms with E-state index >= 15 is 0 Å². The van der Waals surface area contributed by atoms with Gasteiger partial charge in [0.25, 0.3) is 0 Å². The van der Waals surface area contributed by atoms with E-state index in [4.69, 9.17) is 14.5 Å². The summed E-state index contributed by atoms with van der Waals surface area (Å²) < 4.78 is 10.7. The van der Waals surface area contributed by atoms with Crippen molar-refractivity contribution >= 4 is 11.8 Å². The molecule has 1 N–H and O–H groups in total. The van der Waals surface area contributed by atoms with E-state index < -0.39 is 0 Å². The molecule has 27 heavy (non-hydrogen) atoms. The predicted molar refractivity (Wildman–Crippen MR) is 108 cm³/mol. The van der Waals surface area contributed by atoms with Gasteiger partial charge in [-0.05, 0) is 31.2 Å². The summed E-state index contributed by atoms with van der Waals surface area (Å²) in [6, 6.07) is 7.89. The highest BCUT2D eigenvalue weighted by molar-refractivity contribution is 5.47. The molecule has 2 heterocycles. The van der Waals surface area contributed by atoms with Gasteiger partial charge in [-0.1, -0.05) is 13.0 Å². The second kappa shape index (κ2) is 8.90. The van der Waals surface area contributed by atoms with E-state index in [-0.39, 0.29) is 0 Å². The van der Waals surface area contributed by atoms with E-state index in [1.54, 1.807) is 14.2 Å². The number of anilines is 2. The van der Waals surface area contributed by atoms with Crippen molar-refractivity contribution in [2.75, 3.05) is 57.2 Å². The van der Waals surface area contributed by atoms with E-state index in [1.165, 1.54) is 0 Å². The van der Waals surface area contributed by atoms with Gasteiger partial charge < -0.3 is 24.6 Å². The Hall–Kier alpha value is -2.54. The van der Waals surface area contributed by atoms with Gasteiger partial charge in [0, 0.05) is 44.5 Å². The van der Waals surface area contributed by atoms with Gasteiger partial charge in [0.15, 0.2) is 11.5 Å². The van der Waals surface area contributed by atoms with Gasteiger partial charge in [0.05, 0.1) is 14.2 Å². The van der Waals surface area contributed by atoms with E-state index in [0.717, 1.165) is 67.2 Å². The van der Waals surface area contributed by atoms with Crippen LogP contribution < -0.4 is 19.7 Å². The van der Waals surface area contributed by atoms with Crippen LogP contribution in [0.1, 0.15) is 18.2 Å². The molecule has 0 atom stereocenters. The van der Waals surface area contributed by atoms with Crippen LogP contribution in [0.25, 0.3) is 0 Å². The molecular weight excluding hydrogens is 342 g/mol. The van der Waals surface area contributed by atoms with Crippen LogP contribution in [0.5, 0.6) is 11.5 Å². The smallest absolute Gasteiger partial charge is 0.227 e. The van der Waals surface area contributed by atoms with Crippen LogP contribution in [0.2, 0.25) is 0 Å². The number of methoxy groups -OCH3 is 2. The first-order valence-corrected chi connectivity index (χ1v) is 9.40. The monoisotopic (exact) mass is 371 g/mol. The lowest BCUT2D eigenvalue weighted by molar-refractivity contribution is 0.270. The first-order valence-electron chi connectivity index (χ1n) is 9.40. The number of benzene rings is 1. The van der Waals surface area contributed by atoms with Crippen LogP contribution in [0.15, 0.2) is 24.3 Å². The van der Waals surface area contributed by atoms with Crippen LogP contribution in [0, 0.1) is 6.92 Å². The number of rotatable bonds is 7. The van der Waals surface area contributed by atoms with Crippen molar-refractivity contribution in [2.24, 2.45) is 0 Å². The molecule has 2 aromatic rings. The molecule has 146 valence electrons.